The number of hydrogen-bond acceptors (Lipinski definition) is 3. The van der Waals surface area contributed by atoms with Gasteiger partial charge >= 0.3 is 12.0 Å². The predicted octanol–water partition coefficient (Wildman–Crippen LogP) is 2.39. The Balaban J connectivity index is 2.53. The molecule has 1 fully saturated rings. The van der Waals surface area contributed by atoms with E-state index in [4.69, 9.17) is 0 Å². The highest BCUT2D eigenvalue weighted by Crippen LogP contribution is 2.38. The van der Waals surface area contributed by atoms with Crippen LogP contribution in [0.1, 0.15) is 11.6 Å². The Hall–Kier alpha value is -1.99. The van der Waals surface area contributed by atoms with Gasteiger partial charge in [-0.15, -0.1) is 0 Å². The maximum absolute atomic E-state index is 13.9. The molecule has 1 aliphatic heterocycles. The molecule has 0 spiro atoms. The molecule has 0 radical (unpaired) electrons. The molecule has 0 aromatic heterocycles. The minimum atomic E-state index is -3.64. The van der Waals surface area contributed by atoms with Crippen molar-refractivity contribution in [1.82, 2.24) is 5.32 Å². The third-order valence-electron chi connectivity index (χ3n) is 2.68. The molecule has 1 atom stereocenters. The fourth-order valence-corrected chi connectivity index (χ4v) is 1.77. The van der Waals surface area contributed by atoms with Crippen LogP contribution in [-0.4, -0.2) is 25.7 Å². The second kappa shape index (κ2) is 4.60. The molecule has 1 aromatic rings. The highest BCUT2D eigenvalue weighted by Gasteiger charge is 2.49. The molecule has 104 valence electrons. The Morgan fingerprint density at radius 2 is 2.11 bits per heavy atom. The van der Waals surface area contributed by atoms with Crippen molar-refractivity contribution in [2.24, 2.45) is 0 Å². The van der Waals surface area contributed by atoms with Gasteiger partial charge in [0.05, 0.1) is 12.7 Å². The van der Waals surface area contributed by atoms with Crippen LogP contribution >= 0.6 is 0 Å². The topological polar surface area (TPSA) is 47.6 Å². The lowest BCUT2D eigenvalue weighted by atomic mass is 9.98. The van der Waals surface area contributed by atoms with E-state index in [0.29, 0.717) is 0 Å². The van der Waals surface area contributed by atoms with Gasteiger partial charge in [0.25, 0.3) is 0 Å². The summed E-state index contributed by atoms with van der Waals surface area (Å²) in [7, 11) is 1.11. The van der Waals surface area contributed by atoms with Crippen LogP contribution in [0.3, 0.4) is 0 Å². The number of rotatable bonds is 2. The lowest BCUT2D eigenvalue weighted by molar-refractivity contribution is -0.105. The van der Waals surface area contributed by atoms with Gasteiger partial charge in [0.1, 0.15) is 11.9 Å². The molecule has 8 heteroatoms. The maximum atomic E-state index is 13.9. The van der Waals surface area contributed by atoms with Gasteiger partial charge in [-0.2, -0.15) is 0 Å². The summed E-state index contributed by atoms with van der Waals surface area (Å²) in [6, 6.07) is -0.397. The van der Waals surface area contributed by atoms with Crippen molar-refractivity contribution >= 4 is 6.09 Å². The Morgan fingerprint density at radius 1 is 1.42 bits per heavy atom. The summed E-state index contributed by atoms with van der Waals surface area (Å²) in [6.45, 7) is -1.25. The summed E-state index contributed by atoms with van der Waals surface area (Å²) in [5.74, 6) is -6.52. The zero-order chi connectivity index (χ0) is 14.2. The minimum Gasteiger partial charge on any atom is -0.494 e. The van der Waals surface area contributed by atoms with Gasteiger partial charge < -0.3 is 14.8 Å². The number of hydrogen-bond donors (Lipinski definition) is 1. The average Bonchev–Trinajstić information content (AvgIpc) is 2.34. The summed E-state index contributed by atoms with van der Waals surface area (Å²) < 4.78 is 63.4. The molecular formula is C11H9F4NO3. The summed E-state index contributed by atoms with van der Waals surface area (Å²) in [6.07, 6.45) is -1.17. The van der Waals surface area contributed by atoms with Crippen LogP contribution in [0.4, 0.5) is 22.4 Å². The van der Waals surface area contributed by atoms with E-state index in [9.17, 15) is 22.4 Å². The molecular weight excluding hydrogens is 270 g/mol. The number of nitrogens with one attached hydrogen (secondary N) is 1. The van der Waals surface area contributed by atoms with Crippen LogP contribution < -0.4 is 10.1 Å². The van der Waals surface area contributed by atoms with Crippen LogP contribution in [0.2, 0.25) is 0 Å². The number of benzene rings is 1. The first-order valence-corrected chi connectivity index (χ1v) is 5.20. The van der Waals surface area contributed by atoms with Crippen molar-refractivity contribution in [3.63, 3.8) is 0 Å². The van der Waals surface area contributed by atoms with E-state index in [1.165, 1.54) is 0 Å². The average molecular weight is 279 g/mol. The molecule has 1 heterocycles. The van der Waals surface area contributed by atoms with Gasteiger partial charge in [-0.05, 0) is 12.1 Å². The largest absolute Gasteiger partial charge is 0.494 e. The quantitative estimate of drug-likeness (QED) is 0.846. The first-order chi connectivity index (χ1) is 8.86. The molecule has 1 aromatic carbocycles. The highest BCUT2D eigenvalue weighted by molar-refractivity contribution is 5.69. The number of alkyl carbamates (subject to hydrolysis) is 1. The molecule has 0 saturated carbocycles. The molecule has 2 rings (SSSR count). The normalized spacial score (nSPS) is 21.5. The van der Waals surface area contributed by atoms with Crippen LogP contribution in [0.5, 0.6) is 5.75 Å². The monoisotopic (exact) mass is 279 g/mol. The van der Waals surface area contributed by atoms with Gasteiger partial charge in [0, 0.05) is 0 Å². The summed E-state index contributed by atoms with van der Waals surface area (Å²) in [5, 5.41) is 1.71. The number of carbonyl (C=O) groups is 1. The fourth-order valence-electron chi connectivity index (χ4n) is 1.77. The molecule has 4 nitrogen and oxygen atoms in total. The SMILES string of the molecule is COc1ccc(F)c([C@H]2NC(=O)OCC2(F)F)c1F. The van der Waals surface area contributed by atoms with Crippen molar-refractivity contribution < 1.29 is 31.8 Å². The number of cyclic esters (lactones) is 1. The smallest absolute Gasteiger partial charge is 0.408 e. The van der Waals surface area contributed by atoms with Gasteiger partial charge in [-0.25, -0.2) is 22.4 Å². The predicted molar refractivity (Wildman–Crippen MR) is 55.1 cm³/mol. The van der Waals surface area contributed by atoms with Crippen LogP contribution in [0.25, 0.3) is 0 Å². The number of methoxy groups -OCH3 is 1. The van der Waals surface area contributed by atoms with Crippen molar-refractivity contribution in [2.75, 3.05) is 13.7 Å². The standard InChI is InChI=1S/C11H9F4NO3/c1-18-6-3-2-5(12)7(8(6)13)9-11(14,15)4-19-10(17)16-9/h2-3,9H,4H2,1H3,(H,16,17)/t9-/m1/s1. The molecule has 19 heavy (non-hydrogen) atoms. The molecule has 0 bridgehead atoms. The molecule has 1 amide bonds. The van der Waals surface area contributed by atoms with Gasteiger partial charge in [-0.1, -0.05) is 0 Å². The molecule has 1 saturated heterocycles. The Labute approximate surface area is 105 Å². The Morgan fingerprint density at radius 3 is 2.74 bits per heavy atom. The van der Waals surface area contributed by atoms with E-state index in [1.807, 2.05) is 0 Å². The minimum absolute atomic E-state index is 0.395. The number of amides is 1. The summed E-state index contributed by atoms with van der Waals surface area (Å²) in [4.78, 5) is 11.0. The third-order valence-corrected chi connectivity index (χ3v) is 2.68. The van der Waals surface area contributed by atoms with Crippen LogP contribution in [0.15, 0.2) is 12.1 Å². The Bertz CT molecular complexity index is 521. The zero-order valence-corrected chi connectivity index (χ0v) is 9.68. The molecule has 0 unspecified atom stereocenters. The number of carbonyl (C=O) groups excluding carboxylic acids is 1. The second-order valence-electron chi connectivity index (χ2n) is 3.89. The fraction of sp³-hybridized carbons (Fsp3) is 0.364. The lowest BCUT2D eigenvalue weighted by Crippen LogP contribution is -2.50. The first kappa shape index (κ1) is 13.4. The van der Waals surface area contributed by atoms with Crippen molar-refractivity contribution in [2.45, 2.75) is 12.0 Å². The van der Waals surface area contributed by atoms with E-state index in [2.05, 4.69) is 9.47 Å². The molecule has 0 aliphatic carbocycles. The lowest BCUT2D eigenvalue weighted by Gasteiger charge is -2.32. The van der Waals surface area contributed by atoms with E-state index in [-0.39, 0.29) is 0 Å². The van der Waals surface area contributed by atoms with Crippen molar-refractivity contribution in [3.8, 4) is 5.75 Å². The third kappa shape index (κ3) is 2.29. The number of ether oxygens (including phenoxy) is 2. The van der Waals surface area contributed by atoms with Gasteiger partial charge in [0.2, 0.25) is 0 Å². The number of halogens is 4. The van der Waals surface area contributed by atoms with E-state index in [1.54, 1.807) is 5.32 Å². The van der Waals surface area contributed by atoms with Gasteiger partial charge in [0.15, 0.2) is 18.2 Å². The molecule has 1 N–H and O–H groups in total. The van der Waals surface area contributed by atoms with E-state index < -0.39 is 47.6 Å². The van der Waals surface area contributed by atoms with E-state index in [0.717, 1.165) is 19.2 Å². The summed E-state index contributed by atoms with van der Waals surface area (Å²) in [5.41, 5.74) is -0.957. The van der Waals surface area contributed by atoms with Gasteiger partial charge in [-0.3, -0.25) is 0 Å². The number of alkyl halides is 2. The molecule has 1 aliphatic rings. The van der Waals surface area contributed by atoms with Crippen LogP contribution in [0, 0.1) is 11.6 Å². The van der Waals surface area contributed by atoms with Crippen molar-refractivity contribution in [3.05, 3.63) is 29.3 Å². The highest BCUT2D eigenvalue weighted by atomic mass is 19.3. The maximum Gasteiger partial charge on any atom is 0.408 e. The Kier molecular flexibility index (Phi) is 3.25. The van der Waals surface area contributed by atoms with Crippen molar-refractivity contribution in [1.29, 1.82) is 0 Å². The second-order valence-corrected chi connectivity index (χ2v) is 3.89. The summed E-state index contributed by atoms with van der Waals surface area (Å²) >= 11 is 0. The van der Waals surface area contributed by atoms with E-state index >= 15 is 0 Å². The zero-order valence-electron chi connectivity index (χ0n) is 9.68. The first-order valence-electron chi connectivity index (χ1n) is 5.20. The van der Waals surface area contributed by atoms with Crippen LogP contribution in [-0.2, 0) is 4.74 Å².